The molecule has 0 radical (unpaired) electrons. The number of anilines is 1. The Morgan fingerprint density at radius 1 is 1.12 bits per heavy atom. The minimum Gasteiger partial charge on any atom is -0.384 e. The number of fused-ring (bicyclic) bond motifs is 1. The topological polar surface area (TPSA) is 165 Å². The molecular weight excluding hydrogens is 554 g/mol. The summed E-state index contributed by atoms with van der Waals surface area (Å²) >= 11 is 0. The van der Waals surface area contributed by atoms with Crippen LogP contribution < -0.4 is 5.73 Å². The van der Waals surface area contributed by atoms with Crippen molar-refractivity contribution in [3.05, 3.63) is 73.0 Å². The molecule has 42 heavy (non-hydrogen) atoms. The van der Waals surface area contributed by atoms with E-state index in [1.54, 1.807) is 34.1 Å². The maximum atomic E-state index is 13.2. The van der Waals surface area contributed by atoms with Crippen molar-refractivity contribution in [3.63, 3.8) is 0 Å². The second-order valence-electron chi connectivity index (χ2n) is 10.1. The second kappa shape index (κ2) is 12.1. The zero-order valence-electron chi connectivity index (χ0n) is 23.7. The molecule has 0 saturated heterocycles. The van der Waals surface area contributed by atoms with Gasteiger partial charge in [-0.25, -0.2) is 13.4 Å². The molecule has 0 unspecified atom stereocenters. The van der Waals surface area contributed by atoms with Gasteiger partial charge in [0.1, 0.15) is 22.7 Å². The van der Waals surface area contributed by atoms with Crippen LogP contribution in [0.5, 0.6) is 0 Å². The van der Waals surface area contributed by atoms with E-state index in [0.717, 1.165) is 35.1 Å². The predicted octanol–water partition coefficient (Wildman–Crippen LogP) is 3.83. The van der Waals surface area contributed by atoms with Crippen LogP contribution in [0.1, 0.15) is 49.4 Å². The quantitative estimate of drug-likeness (QED) is 0.234. The summed E-state index contributed by atoms with van der Waals surface area (Å²) in [7, 11) is -3.71. The smallest absolute Gasteiger partial charge is 0.291 e. The molecule has 0 aliphatic carbocycles. The average Bonchev–Trinajstić information content (AvgIpc) is 3.67. The van der Waals surface area contributed by atoms with Crippen LogP contribution in [0.2, 0.25) is 0 Å². The minimum atomic E-state index is -3.71. The molecule has 1 amide bonds. The number of nitrogens with zero attached hydrogens (tertiary/aromatic N) is 7. The lowest BCUT2D eigenvalue weighted by atomic mass is 10.0. The first-order chi connectivity index (χ1) is 20.2. The number of hydrogen-bond donors (Lipinski definition) is 2. The van der Waals surface area contributed by atoms with Crippen molar-refractivity contribution in [2.45, 2.75) is 50.5 Å². The van der Waals surface area contributed by atoms with E-state index in [-0.39, 0.29) is 28.5 Å². The van der Waals surface area contributed by atoms with E-state index in [9.17, 15) is 13.2 Å². The summed E-state index contributed by atoms with van der Waals surface area (Å²) in [6, 6.07) is 9.33. The number of H-pyrrole nitrogens is 1. The number of sulfone groups is 1. The lowest BCUT2D eigenvalue weighted by Crippen LogP contribution is -2.41. The largest absolute Gasteiger partial charge is 0.384 e. The Hall–Kier alpha value is -4.65. The summed E-state index contributed by atoms with van der Waals surface area (Å²) < 4.78 is 27.5. The van der Waals surface area contributed by atoms with Gasteiger partial charge in [-0.3, -0.25) is 19.2 Å². The first-order valence-corrected chi connectivity index (χ1v) is 15.6. The lowest BCUT2D eigenvalue weighted by Gasteiger charge is -2.30. The number of aromatic nitrogens is 7. The molecular formula is C29H33N9O3S. The Bertz CT molecular complexity index is 1790. The van der Waals surface area contributed by atoms with Crippen LogP contribution in [-0.4, -0.2) is 72.6 Å². The fourth-order valence-electron chi connectivity index (χ4n) is 5.23. The number of nitrogens with two attached hydrogens (primary N) is 1. The lowest BCUT2D eigenvalue weighted by molar-refractivity contribution is 0.0650. The van der Waals surface area contributed by atoms with E-state index < -0.39 is 9.84 Å². The average molecular weight is 588 g/mol. The van der Waals surface area contributed by atoms with Crippen molar-refractivity contribution in [1.82, 2.24) is 39.4 Å². The highest BCUT2D eigenvalue weighted by Gasteiger charge is 2.28. The number of amides is 1. The molecule has 5 heterocycles. The van der Waals surface area contributed by atoms with Gasteiger partial charge < -0.3 is 15.6 Å². The van der Waals surface area contributed by atoms with Crippen LogP contribution >= 0.6 is 0 Å². The van der Waals surface area contributed by atoms with Crippen LogP contribution in [0.3, 0.4) is 0 Å². The molecule has 3 N–H and O–H groups in total. The fraction of sp³-hybridized carbons (Fsp3) is 0.310. The number of carbonyl (C=O) groups excluding carboxylic acids is 1. The van der Waals surface area contributed by atoms with Gasteiger partial charge in [-0.2, -0.15) is 0 Å². The Morgan fingerprint density at radius 2 is 1.90 bits per heavy atom. The zero-order valence-corrected chi connectivity index (χ0v) is 24.5. The third-order valence-electron chi connectivity index (χ3n) is 7.25. The normalized spacial score (nSPS) is 12.5. The van der Waals surface area contributed by atoms with Gasteiger partial charge in [-0.15, -0.1) is 10.2 Å². The highest BCUT2D eigenvalue weighted by atomic mass is 32.2. The molecule has 0 saturated carbocycles. The maximum Gasteiger partial charge on any atom is 0.291 e. The summed E-state index contributed by atoms with van der Waals surface area (Å²) in [6.07, 6.45) is 11.6. The number of nitrogen functional groups attached to an aromatic ring is 1. The van der Waals surface area contributed by atoms with Crippen LogP contribution in [0, 0.1) is 0 Å². The van der Waals surface area contributed by atoms with Gasteiger partial charge in [-0.05, 0) is 49.9 Å². The van der Waals surface area contributed by atoms with Gasteiger partial charge in [0.15, 0.2) is 9.84 Å². The molecule has 0 aromatic carbocycles. The number of aryl methyl sites for hydroxylation is 1. The highest BCUT2D eigenvalue weighted by Crippen LogP contribution is 2.32. The summed E-state index contributed by atoms with van der Waals surface area (Å²) in [6.45, 7) is 4.52. The van der Waals surface area contributed by atoms with E-state index in [2.05, 4.69) is 25.1 Å². The standard InChI is InChI=1S/C29H33N9O3S/c1-4-15-37(29(39)27-33-18-34-36-27)21(5-2)7-9-24-25(42(3,40)41)26(30)38-16-12-22(28(38)35-24)20-6-8-23(32-17-20)19-10-13-31-14-11-19/h6,8,10-14,16-18,21H,4-5,7,9,15,30H2,1-3H3,(H,33,34,36)/t21-/m1/s1. The molecule has 0 aliphatic rings. The van der Waals surface area contributed by atoms with Crippen LogP contribution in [0.15, 0.2) is 66.3 Å². The van der Waals surface area contributed by atoms with Gasteiger partial charge in [0, 0.05) is 60.3 Å². The fourth-order valence-corrected chi connectivity index (χ4v) is 6.29. The third kappa shape index (κ3) is 5.73. The Kier molecular flexibility index (Phi) is 8.29. The zero-order chi connectivity index (χ0) is 29.9. The summed E-state index contributed by atoms with van der Waals surface area (Å²) in [5.41, 5.74) is 10.7. The Balaban J connectivity index is 1.51. The first-order valence-electron chi connectivity index (χ1n) is 13.8. The SMILES string of the molecule is CCCN(C(=O)c1nnc[nH]1)[C@H](CC)CCc1nc2c(-c3ccc(-c4ccncc4)nc3)ccn2c(N)c1S(C)(=O)=O. The molecule has 0 spiro atoms. The van der Waals surface area contributed by atoms with Gasteiger partial charge in [0.2, 0.25) is 5.82 Å². The van der Waals surface area contributed by atoms with Crippen molar-refractivity contribution in [2.24, 2.45) is 0 Å². The number of nitrogens with one attached hydrogen (secondary N) is 1. The van der Waals surface area contributed by atoms with E-state index in [4.69, 9.17) is 10.7 Å². The van der Waals surface area contributed by atoms with Crippen molar-refractivity contribution in [3.8, 4) is 22.4 Å². The monoisotopic (exact) mass is 587 g/mol. The summed E-state index contributed by atoms with van der Waals surface area (Å²) in [5.74, 6) is 0.0225. The predicted molar refractivity (Wildman–Crippen MR) is 159 cm³/mol. The van der Waals surface area contributed by atoms with E-state index in [0.29, 0.717) is 37.1 Å². The second-order valence-corrected chi connectivity index (χ2v) is 12.0. The number of aromatic amines is 1. The number of rotatable bonds is 11. The van der Waals surface area contributed by atoms with Crippen LogP contribution in [-0.2, 0) is 16.3 Å². The van der Waals surface area contributed by atoms with Crippen LogP contribution in [0.4, 0.5) is 5.82 Å². The van der Waals surface area contributed by atoms with Gasteiger partial charge in [0.05, 0.1) is 11.4 Å². The summed E-state index contributed by atoms with van der Waals surface area (Å²) in [5, 5.41) is 7.62. The molecule has 1 atom stereocenters. The number of hydrogen-bond acceptors (Lipinski definition) is 9. The molecule has 0 aliphatic heterocycles. The molecule has 5 aromatic heterocycles. The Labute approximate surface area is 244 Å². The summed E-state index contributed by atoms with van der Waals surface area (Å²) in [4.78, 5) is 31.3. The number of carbonyl (C=O) groups is 1. The molecule has 0 bridgehead atoms. The van der Waals surface area contributed by atoms with Crippen molar-refractivity contribution >= 4 is 27.2 Å². The highest BCUT2D eigenvalue weighted by molar-refractivity contribution is 7.91. The van der Waals surface area contributed by atoms with Crippen molar-refractivity contribution in [2.75, 3.05) is 18.5 Å². The maximum absolute atomic E-state index is 13.2. The molecule has 5 rings (SSSR count). The minimum absolute atomic E-state index is 0.00163. The molecule has 0 fully saturated rings. The van der Waals surface area contributed by atoms with Crippen molar-refractivity contribution < 1.29 is 13.2 Å². The molecule has 218 valence electrons. The van der Waals surface area contributed by atoms with Gasteiger partial charge in [0.25, 0.3) is 5.91 Å². The van der Waals surface area contributed by atoms with E-state index >= 15 is 0 Å². The molecule has 5 aromatic rings. The molecule has 13 heteroatoms. The van der Waals surface area contributed by atoms with E-state index in [1.807, 2.05) is 44.2 Å². The van der Waals surface area contributed by atoms with Crippen molar-refractivity contribution in [1.29, 1.82) is 0 Å². The third-order valence-corrected chi connectivity index (χ3v) is 8.43. The first kappa shape index (κ1) is 28.9. The van der Waals surface area contributed by atoms with E-state index in [1.165, 1.54) is 6.33 Å². The Morgan fingerprint density at radius 3 is 2.52 bits per heavy atom. The van der Waals surface area contributed by atoms with Gasteiger partial charge in [-0.1, -0.05) is 19.9 Å². The molecule has 12 nitrogen and oxygen atoms in total. The van der Waals surface area contributed by atoms with Gasteiger partial charge >= 0.3 is 0 Å². The number of pyridine rings is 2. The van der Waals surface area contributed by atoms with Crippen LogP contribution in [0.25, 0.3) is 28.0 Å².